The highest BCUT2D eigenvalue weighted by molar-refractivity contribution is 9.10. The van der Waals surface area contributed by atoms with E-state index in [9.17, 15) is 15.3 Å². The monoisotopic (exact) mass is 334 g/mol. The Bertz CT molecular complexity index is 409. The zero-order valence-corrected chi connectivity index (χ0v) is 11.5. The molecule has 19 heavy (non-hydrogen) atoms. The molecular weight excluding hydrogens is 320 g/mol. The molecule has 1 aromatic carbocycles. The molecule has 1 aliphatic heterocycles. The van der Waals surface area contributed by atoms with Crippen LogP contribution in [0.1, 0.15) is 0 Å². The summed E-state index contributed by atoms with van der Waals surface area (Å²) in [6.45, 7) is -0.481. The van der Waals surface area contributed by atoms with Gasteiger partial charge in [-0.05, 0) is 24.3 Å². The maximum Gasteiger partial charge on any atom is 0.229 e. The van der Waals surface area contributed by atoms with Crippen LogP contribution in [0.2, 0.25) is 0 Å². The van der Waals surface area contributed by atoms with Crippen LogP contribution in [0.15, 0.2) is 28.7 Å². The lowest BCUT2D eigenvalue weighted by Crippen LogP contribution is -2.60. The molecule has 1 aromatic rings. The quantitative estimate of drug-likeness (QED) is 0.602. The Kier molecular flexibility index (Phi) is 4.77. The van der Waals surface area contributed by atoms with Gasteiger partial charge in [-0.3, -0.25) is 0 Å². The molecule has 1 aliphatic rings. The van der Waals surface area contributed by atoms with Gasteiger partial charge >= 0.3 is 0 Å². The Morgan fingerprint density at radius 2 is 1.68 bits per heavy atom. The molecule has 5 atom stereocenters. The standard InChI is InChI=1S/C12H15BrO6/c13-6-1-3-7(4-2-6)18-12-11(17)10(16)9(15)8(5-14)19-12/h1-4,8-12,14-17H,5H2/t8-,9-,10+,11-,12?/m1/s1. The smallest absolute Gasteiger partial charge is 0.229 e. The summed E-state index contributed by atoms with van der Waals surface area (Å²) in [6, 6.07) is 6.82. The van der Waals surface area contributed by atoms with E-state index >= 15 is 0 Å². The number of halogens is 1. The van der Waals surface area contributed by atoms with Crippen LogP contribution in [0.4, 0.5) is 0 Å². The topological polar surface area (TPSA) is 99.4 Å². The zero-order chi connectivity index (χ0) is 14.0. The summed E-state index contributed by atoms with van der Waals surface area (Å²) in [7, 11) is 0. The van der Waals surface area contributed by atoms with Crippen molar-refractivity contribution in [2.75, 3.05) is 6.61 Å². The number of rotatable bonds is 3. The second kappa shape index (κ2) is 6.17. The van der Waals surface area contributed by atoms with E-state index in [2.05, 4.69) is 15.9 Å². The Hall–Kier alpha value is -0.700. The van der Waals surface area contributed by atoms with Crippen molar-refractivity contribution >= 4 is 15.9 Å². The molecule has 0 saturated carbocycles. The summed E-state index contributed by atoms with van der Waals surface area (Å²) in [5.41, 5.74) is 0. The number of ether oxygens (including phenoxy) is 2. The highest BCUT2D eigenvalue weighted by Gasteiger charge is 2.44. The minimum atomic E-state index is -1.44. The van der Waals surface area contributed by atoms with Crippen molar-refractivity contribution in [3.05, 3.63) is 28.7 Å². The molecule has 0 amide bonds. The minimum Gasteiger partial charge on any atom is -0.462 e. The Morgan fingerprint density at radius 1 is 1.05 bits per heavy atom. The van der Waals surface area contributed by atoms with Crippen molar-refractivity contribution in [1.29, 1.82) is 0 Å². The molecule has 106 valence electrons. The molecule has 7 heteroatoms. The van der Waals surface area contributed by atoms with Crippen LogP contribution in [0, 0.1) is 0 Å². The molecule has 1 heterocycles. The van der Waals surface area contributed by atoms with Gasteiger partial charge in [0.05, 0.1) is 6.61 Å². The van der Waals surface area contributed by atoms with Gasteiger partial charge < -0.3 is 29.9 Å². The zero-order valence-electron chi connectivity index (χ0n) is 9.89. The molecule has 1 saturated heterocycles. The first-order valence-electron chi connectivity index (χ1n) is 5.75. The van der Waals surface area contributed by atoms with Crippen LogP contribution in [0.5, 0.6) is 5.75 Å². The van der Waals surface area contributed by atoms with E-state index in [1.165, 1.54) is 0 Å². The average Bonchev–Trinajstić information content (AvgIpc) is 2.42. The van der Waals surface area contributed by atoms with Gasteiger partial charge in [0.1, 0.15) is 30.2 Å². The average molecular weight is 335 g/mol. The van der Waals surface area contributed by atoms with Crippen LogP contribution in [-0.4, -0.2) is 57.7 Å². The van der Waals surface area contributed by atoms with Crippen LogP contribution >= 0.6 is 15.9 Å². The van der Waals surface area contributed by atoms with Crippen LogP contribution < -0.4 is 4.74 Å². The van der Waals surface area contributed by atoms with Crippen molar-refractivity contribution < 1.29 is 29.9 Å². The summed E-state index contributed by atoms with van der Waals surface area (Å²) in [6.07, 6.45) is -6.35. The largest absolute Gasteiger partial charge is 0.462 e. The molecule has 1 fully saturated rings. The lowest BCUT2D eigenvalue weighted by molar-refractivity contribution is -0.277. The number of aliphatic hydroxyl groups excluding tert-OH is 4. The van der Waals surface area contributed by atoms with Crippen molar-refractivity contribution in [1.82, 2.24) is 0 Å². The highest BCUT2D eigenvalue weighted by atomic mass is 79.9. The highest BCUT2D eigenvalue weighted by Crippen LogP contribution is 2.25. The third-order valence-corrected chi connectivity index (χ3v) is 3.44. The van der Waals surface area contributed by atoms with E-state index in [1.54, 1.807) is 24.3 Å². The van der Waals surface area contributed by atoms with Crippen molar-refractivity contribution in [2.24, 2.45) is 0 Å². The summed E-state index contributed by atoms with van der Waals surface area (Å²) in [4.78, 5) is 0. The maximum atomic E-state index is 9.79. The number of benzene rings is 1. The first kappa shape index (κ1) is 14.7. The molecule has 6 nitrogen and oxygen atoms in total. The van der Waals surface area contributed by atoms with Crippen molar-refractivity contribution in [3.8, 4) is 5.75 Å². The maximum absolute atomic E-state index is 9.79. The third kappa shape index (κ3) is 3.25. The molecule has 0 spiro atoms. The van der Waals surface area contributed by atoms with E-state index in [-0.39, 0.29) is 0 Å². The van der Waals surface area contributed by atoms with Gasteiger partial charge in [0.15, 0.2) is 0 Å². The molecule has 2 rings (SSSR count). The summed E-state index contributed by atoms with van der Waals surface area (Å²) >= 11 is 3.28. The molecule has 0 aliphatic carbocycles. The lowest BCUT2D eigenvalue weighted by Gasteiger charge is -2.39. The molecule has 0 bridgehead atoms. The van der Waals surface area contributed by atoms with E-state index in [0.717, 1.165) is 4.47 Å². The van der Waals surface area contributed by atoms with Crippen LogP contribution in [-0.2, 0) is 4.74 Å². The van der Waals surface area contributed by atoms with E-state index < -0.39 is 37.3 Å². The molecule has 0 radical (unpaired) electrons. The van der Waals surface area contributed by atoms with E-state index in [4.69, 9.17) is 14.6 Å². The summed E-state index contributed by atoms with van der Waals surface area (Å²) in [5, 5.41) is 38.1. The van der Waals surface area contributed by atoms with Crippen LogP contribution in [0.25, 0.3) is 0 Å². The fraction of sp³-hybridized carbons (Fsp3) is 0.500. The summed E-state index contributed by atoms with van der Waals surface area (Å²) < 4.78 is 11.5. The van der Waals surface area contributed by atoms with Gasteiger partial charge in [-0.1, -0.05) is 15.9 Å². The number of hydrogen-bond donors (Lipinski definition) is 4. The van der Waals surface area contributed by atoms with E-state index in [0.29, 0.717) is 5.75 Å². The Balaban J connectivity index is 2.08. The van der Waals surface area contributed by atoms with Crippen molar-refractivity contribution in [3.63, 3.8) is 0 Å². The number of aliphatic hydroxyl groups is 4. The minimum absolute atomic E-state index is 0.438. The normalized spacial score (nSPS) is 35.1. The molecular formula is C12H15BrO6. The van der Waals surface area contributed by atoms with Gasteiger partial charge in [0, 0.05) is 4.47 Å². The Labute approximate surface area is 118 Å². The fourth-order valence-corrected chi connectivity index (χ4v) is 2.08. The fourth-order valence-electron chi connectivity index (χ4n) is 1.81. The molecule has 0 aromatic heterocycles. The van der Waals surface area contributed by atoms with Gasteiger partial charge in [0.25, 0.3) is 0 Å². The van der Waals surface area contributed by atoms with Gasteiger partial charge in [-0.15, -0.1) is 0 Å². The van der Waals surface area contributed by atoms with Gasteiger partial charge in [-0.25, -0.2) is 0 Å². The lowest BCUT2D eigenvalue weighted by atomic mass is 9.99. The van der Waals surface area contributed by atoms with E-state index in [1.807, 2.05) is 0 Å². The number of hydrogen-bond acceptors (Lipinski definition) is 6. The SMILES string of the molecule is OC[C@H]1OC(Oc2ccc(Br)cc2)[C@H](O)[C@@H](O)[C@@H]1O. The Morgan fingerprint density at radius 3 is 2.26 bits per heavy atom. The molecule has 4 N–H and O–H groups in total. The second-order valence-corrected chi connectivity index (χ2v) is 5.18. The first-order valence-corrected chi connectivity index (χ1v) is 6.55. The molecule has 1 unspecified atom stereocenters. The summed E-state index contributed by atoms with van der Waals surface area (Å²) in [5.74, 6) is 0.438. The van der Waals surface area contributed by atoms with Gasteiger partial charge in [0.2, 0.25) is 6.29 Å². The van der Waals surface area contributed by atoms with Crippen molar-refractivity contribution in [2.45, 2.75) is 30.7 Å². The predicted octanol–water partition coefficient (Wildman–Crippen LogP) is -0.372. The first-order chi connectivity index (χ1) is 9.02. The predicted molar refractivity (Wildman–Crippen MR) is 68.5 cm³/mol. The second-order valence-electron chi connectivity index (χ2n) is 4.27. The van der Waals surface area contributed by atoms with Crippen LogP contribution in [0.3, 0.4) is 0 Å². The third-order valence-electron chi connectivity index (χ3n) is 2.91. The van der Waals surface area contributed by atoms with Gasteiger partial charge in [-0.2, -0.15) is 0 Å².